The molecule has 0 spiro atoms. The Morgan fingerprint density at radius 2 is 1.54 bits per heavy atom. The van der Waals surface area contributed by atoms with Gasteiger partial charge < -0.3 is 5.32 Å². The van der Waals surface area contributed by atoms with Crippen LogP contribution in [0, 0.1) is 6.92 Å². The number of benzene rings is 3. The van der Waals surface area contributed by atoms with Gasteiger partial charge in [0.25, 0.3) is 0 Å². The van der Waals surface area contributed by atoms with Gasteiger partial charge in [0.2, 0.25) is 0 Å². The van der Waals surface area contributed by atoms with Gasteiger partial charge in [0.05, 0.1) is 6.04 Å². The van der Waals surface area contributed by atoms with Crippen LogP contribution >= 0.6 is 0 Å². The number of aryl methyl sites for hydroxylation is 1. The van der Waals surface area contributed by atoms with E-state index in [2.05, 4.69) is 36.5 Å². The molecule has 2 heteroatoms. The van der Waals surface area contributed by atoms with Crippen molar-refractivity contribution in [3.05, 3.63) is 102 Å². The van der Waals surface area contributed by atoms with Crippen molar-refractivity contribution in [1.82, 2.24) is 0 Å². The SMILES string of the molecule is Cc1cccc(NC(CC(=O)c2ccccc2)c2ccccc2)c1. The highest BCUT2D eigenvalue weighted by atomic mass is 16.1. The first kappa shape index (κ1) is 16.0. The summed E-state index contributed by atoms with van der Waals surface area (Å²) in [5.41, 5.74) is 4.10. The summed E-state index contributed by atoms with van der Waals surface area (Å²) in [6, 6.07) is 27.8. The lowest BCUT2D eigenvalue weighted by Crippen LogP contribution is -2.15. The molecule has 0 bridgehead atoms. The van der Waals surface area contributed by atoms with Crippen molar-refractivity contribution in [2.24, 2.45) is 0 Å². The average Bonchev–Trinajstić information content (AvgIpc) is 2.63. The summed E-state index contributed by atoms with van der Waals surface area (Å²) < 4.78 is 0. The maximum Gasteiger partial charge on any atom is 0.165 e. The highest BCUT2D eigenvalue weighted by Crippen LogP contribution is 2.25. The zero-order valence-corrected chi connectivity index (χ0v) is 13.8. The molecule has 3 rings (SSSR count). The first-order valence-electron chi connectivity index (χ1n) is 8.19. The number of carbonyl (C=O) groups is 1. The van der Waals surface area contributed by atoms with Gasteiger partial charge in [-0.3, -0.25) is 4.79 Å². The summed E-state index contributed by atoms with van der Waals surface area (Å²) in [5, 5.41) is 3.52. The largest absolute Gasteiger partial charge is 0.378 e. The van der Waals surface area contributed by atoms with Gasteiger partial charge in [-0.05, 0) is 30.2 Å². The van der Waals surface area contributed by atoms with Crippen LogP contribution in [-0.4, -0.2) is 5.78 Å². The highest BCUT2D eigenvalue weighted by molar-refractivity contribution is 5.96. The number of Topliss-reactive ketones (excluding diaryl/α,β-unsaturated/α-hetero) is 1. The van der Waals surface area contributed by atoms with E-state index in [0.717, 1.165) is 16.8 Å². The van der Waals surface area contributed by atoms with E-state index >= 15 is 0 Å². The van der Waals surface area contributed by atoms with Crippen LogP contribution < -0.4 is 5.32 Å². The third-order valence-corrected chi connectivity index (χ3v) is 4.05. The Morgan fingerprint density at radius 1 is 0.875 bits per heavy atom. The molecule has 0 saturated carbocycles. The number of rotatable bonds is 6. The first-order chi connectivity index (χ1) is 11.7. The maximum absolute atomic E-state index is 12.6. The molecule has 0 saturated heterocycles. The molecular weight excluding hydrogens is 294 g/mol. The quantitative estimate of drug-likeness (QED) is 0.615. The van der Waals surface area contributed by atoms with Crippen LogP contribution in [0.5, 0.6) is 0 Å². The monoisotopic (exact) mass is 315 g/mol. The van der Waals surface area contributed by atoms with E-state index < -0.39 is 0 Å². The molecule has 24 heavy (non-hydrogen) atoms. The lowest BCUT2D eigenvalue weighted by Gasteiger charge is -2.20. The van der Waals surface area contributed by atoms with Crippen molar-refractivity contribution < 1.29 is 4.79 Å². The van der Waals surface area contributed by atoms with Gasteiger partial charge in [0, 0.05) is 17.7 Å². The second-order valence-electron chi connectivity index (χ2n) is 5.97. The lowest BCUT2D eigenvalue weighted by atomic mass is 9.97. The third-order valence-electron chi connectivity index (χ3n) is 4.05. The molecular formula is C22H21NO. The average molecular weight is 315 g/mol. The van der Waals surface area contributed by atoms with Crippen LogP contribution in [0.4, 0.5) is 5.69 Å². The fraction of sp³-hybridized carbons (Fsp3) is 0.136. The molecule has 1 unspecified atom stereocenters. The molecule has 0 amide bonds. The molecule has 0 aliphatic carbocycles. The number of hydrogen-bond acceptors (Lipinski definition) is 2. The molecule has 1 N–H and O–H groups in total. The molecule has 120 valence electrons. The van der Waals surface area contributed by atoms with E-state index in [0.29, 0.717) is 6.42 Å². The number of nitrogens with one attached hydrogen (secondary N) is 1. The standard InChI is InChI=1S/C22H21NO/c1-17-9-8-14-20(15-17)23-21(18-10-4-2-5-11-18)16-22(24)19-12-6-3-7-13-19/h2-15,21,23H,16H2,1H3. The molecule has 2 nitrogen and oxygen atoms in total. The topological polar surface area (TPSA) is 29.1 Å². The zero-order chi connectivity index (χ0) is 16.8. The third kappa shape index (κ3) is 4.11. The van der Waals surface area contributed by atoms with E-state index in [-0.39, 0.29) is 11.8 Å². The molecule has 3 aromatic rings. The van der Waals surface area contributed by atoms with Gasteiger partial charge in [-0.15, -0.1) is 0 Å². The predicted octanol–water partition coefficient (Wildman–Crippen LogP) is 5.42. The predicted molar refractivity (Wildman–Crippen MR) is 99.4 cm³/mol. The molecule has 0 radical (unpaired) electrons. The number of ketones is 1. The van der Waals surface area contributed by atoms with E-state index in [1.165, 1.54) is 5.56 Å². The zero-order valence-electron chi connectivity index (χ0n) is 13.8. The van der Waals surface area contributed by atoms with Gasteiger partial charge in [0.15, 0.2) is 5.78 Å². The van der Waals surface area contributed by atoms with Crippen molar-refractivity contribution in [3.63, 3.8) is 0 Å². The number of hydrogen-bond donors (Lipinski definition) is 1. The lowest BCUT2D eigenvalue weighted by molar-refractivity contribution is 0.0976. The van der Waals surface area contributed by atoms with Crippen molar-refractivity contribution in [3.8, 4) is 0 Å². The Balaban J connectivity index is 1.84. The summed E-state index contributed by atoms with van der Waals surface area (Å²) in [6.07, 6.45) is 0.419. The maximum atomic E-state index is 12.6. The van der Waals surface area contributed by atoms with Gasteiger partial charge in [-0.1, -0.05) is 72.8 Å². The number of carbonyl (C=O) groups excluding carboxylic acids is 1. The van der Waals surface area contributed by atoms with Gasteiger partial charge in [0.1, 0.15) is 0 Å². The molecule has 0 aromatic heterocycles. The molecule has 0 aliphatic heterocycles. The van der Waals surface area contributed by atoms with Gasteiger partial charge >= 0.3 is 0 Å². The summed E-state index contributed by atoms with van der Waals surface area (Å²) in [7, 11) is 0. The Labute approximate surface area is 143 Å². The minimum Gasteiger partial charge on any atom is -0.378 e. The minimum absolute atomic E-state index is 0.0549. The summed E-state index contributed by atoms with van der Waals surface area (Å²) in [5.74, 6) is 0.143. The van der Waals surface area contributed by atoms with E-state index in [9.17, 15) is 4.79 Å². The molecule has 0 aliphatic rings. The van der Waals surface area contributed by atoms with Crippen LogP contribution in [0.2, 0.25) is 0 Å². The fourth-order valence-electron chi connectivity index (χ4n) is 2.80. The summed E-state index contributed by atoms with van der Waals surface area (Å²) >= 11 is 0. The Hall–Kier alpha value is -2.87. The number of anilines is 1. The van der Waals surface area contributed by atoms with E-state index in [1.54, 1.807) is 0 Å². The van der Waals surface area contributed by atoms with Crippen LogP contribution in [-0.2, 0) is 0 Å². The van der Waals surface area contributed by atoms with Crippen molar-refractivity contribution in [1.29, 1.82) is 0 Å². The minimum atomic E-state index is -0.0549. The van der Waals surface area contributed by atoms with Crippen LogP contribution in [0.25, 0.3) is 0 Å². The van der Waals surface area contributed by atoms with E-state index in [1.807, 2.05) is 60.7 Å². The molecule has 1 atom stereocenters. The van der Waals surface area contributed by atoms with Crippen LogP contribution in [0.1, 0.15) is 33.9 Å². The smallest absolute Gasteiger partial charge is 0.165 e. The van der Waals surface area contributed by atoms with Crippen LogP contribution in [0.15, 0.2) is 84.9 Å². The van der Waals surface area contributed by atoms with Crippen molar-refractivity contribution >= 4 is 11.5 Å². The Bertz CT molecular complexity index is 796. The molecule has 0 fully saturated rings. The van der Waals surface area contributed by atoms with Gasteiger partial charge in [-0.2, -0.15) is 0 Å². The molecule has 0 heterocycles. The van der Waals surface area contributed by atoms with Gasteiger partial charge in [-0.25, -0.2) is 0 Å². The second-order valence-corrected chi connectivity index (χ2v) is 5.97. The summed E-state index contributed by atoms with van der Waals surface area (Å²) in [4.78, 5) is 12.6. The normalized spacial score (nSPS) is 11.7. The Morgan fingerprint density at radius 3 is 2.21 bits per heavy atom. The molecule has 3 aromatic carbocycles. The van der Waals surface area contributed by atoms with Crippen molar-refractivity contribution in [2.45, 2.75) is 19.4 Å². The second kappa shape index (κ2) is 7.60. The first-order valence-corrected chi connectivity index (χ1v) is 8.19. The van der Waals surface area contributed by atoms with Crippen molar-refractivity contribution in [2.75, 3.05) is 5.32 Å². The fourth-order valence-corrected chi connectivity index (χ4v) is 2.80. The summed E-state index contributed by atoms with van der Waals surface area (Å²) in [6.45, 7) is 2.07. The van der Waals surface area contributed by atoms with E-state index in [4.69, 9.17) is 0 Å². The Kier molecular flexibility index (Phi) is 5.07. The highest BCUT2D eigenvalue weighted by Gasteiger charge is 2.17. The van der Waals surface area contributed by atoms with Crippen LogP contribution in [0.3, 0.4) is 0 Å².